The van der Waals surface area contributed by atoms with E-state index in [4.69, 9.17) is 11.6 Å². The van der Waals surface area contributed by atoms with Gasteiger partial charge in [0.15, 0.2) is 0 Å². The van der Waals surface area contributed by atoms with Crippen molar-refractivity contribution in [2.24, 2.45) is 23.7 Å². The lowest BCUT2D eigenvalue weighted by Gasteiger charge is -2.64. The molecule has 4 saturated carbocycles. The Morgan fingerprint density at radius 3 is 2.27 bits per heavy atom. The second-order valence-corrected chi connectivity index (χ2v) is 11.6. The van der Waals surface area contributed by atoms with Crippen LogP contribution in [0.1, 0.15) is 46.0 Å². The van der Waals surface area contributed by atoms with E-state index in [-0.39, 0.29) is 23.0 Å². The van der Waals surface area contributed by atoms with Gasteiger partial charge in [-0.25, -0.2) is 4.39 Å². The van der Waals surface area contributed by atoms with Crippen molar-refractivity contribution in [3.63, 3.8) is 0 Å². The van der Waals surface area contributed by atoms with Gasteiger partial charge in [-0.05, 0) is 69.6 Å². The number of hydrogen-bond donors (Lipinski definition) is 0. The zero-order valence-electron chi connectivity index (χ0n) is 15.4. The normalized spacial score (nSPS) is 45.5. The zero-order valence-corrected chi connectivity index (χ0v) is 18.3. The molecular formula is C21H26ClFINO. The van der Waals surface area contributed by atoms with Gasteiger partial charge in [-0.2, -0.15) is 0 Å². The summed E-state index contributed by atoms with van der Waals surface area (Å²) in [5.41, 5.74) is 0.498. The first-order chi connectivity index (χ1) is 12.3. The lowest BCUT2D eigenvalue weighted by molar-refractivity contribution is -0.166. The Balaban J connectivity index is 1.71. The Hall–Kier alpha value is -0.360. The zero-order chi connectivity index (χ0) is 18.8. The van der Waals surface area contributed by atoms with E-state index in [2.05, 4.69) is 29.2 Å². The average Bonchev–Trinajstić information content (AvgIpc) is 2.57. The first-order valence-electron chi connectivity index (χ1n) is 9.62. The highest BCUT2D eigenvalue weighted by molar-refractivity contribution is 14.1. The number of allylic oxidation sites excluding steroid dienone is 3. The summed E-state index contributed by atoms with van der Waals surface area (Å²) in [5.74, 6) is 2.59. The fourth-order valence-corrected chi connectivity index (χ4v) is 7.42. The molecule has 26 heavy (non-hydrogen) atoms. The van der Waals surface area contributed by atoms with Crippen LogP contribution in [0.15, 0.2) is 35.2 Å². The second-order valence-electron chi connectivity index (χ2n) is 8.82. The molecule has 0 aromatic heterocycles. The Kier molecular flexibility index (Phi) is 4.83. The maximum atomic E-state index is 14.9. The standard InChI is InChI=1S/C21H26ClFINO/c1-4-5-16(17(23)11(2)22)19-21(3,24)20(26)25(19)18-14-7-12-6-13(9-14)10-15(18)8-12/h4-5,12-15,18-19H,1,6-10H2,2-3H3/b16-5+,17-11-. The Morgan fingerprint density at radius 2 is 1.81 bits per heavy atom. The van der Waals surface area contributed by atoms with E-state index in [0.29, 0.717) is 17.4 Å². The highest BCUT2D eigenvalue weighted by Crippen LogP contribution is 2.58. The molecule has 2 unspecified atom stereocenters. The number of β-lactam (4-membered cyclic amide) rings is 1. The van der Waals surface area contributed by atoms with Gasteiger partial charge in [0.1, 0.15) is 9.25 Å². The van der Waals surface area contributed by atoms with E-state index >= 15 is 0 Å². The van der Waals surface area contributed by atoms with E-state index in [1.807, 2.05) is 11.8 Å². The minimum atomic E-state index is -0.634. The van der Waals surface area contributed by atoms with Crippen LogP contribution in [0.5, 0.6) is 0 Å². The predicted octanol–water partition coefficient (Wildman–Crippen LogP) is 5.77. The van der Waals surface area contributed by atoms with Gasteiger partial charge in [0.25, 0.3) is 0 Å². The van der Waals surface area contributed by atoms with Crippen LogP contribution in [0, 0.1) is 23.7 Å². The molecule has 1 aliphatic heterocycles. The molecule has 4 aliphatic carbocycles. The fourth-order valence-electron chi connectivity index (χ4n) is 6.39. The van der Waals surface area contributed by atoms with Crippen LogP contribution >= 0.6 is 34.2 Å². The smallest absolute Gasteiger partial charge is 0.241 e. The van der Waals surface area contributed by atoms with Crippen molar-refractivity contribution in [2.45, 2.75) is 61.5 Å². The van der Waals surface area contributed by atoms with E-state index < -0.39 is 9.25 Å². The number of nitrogens with zero attached hydrogens (tertiary/aromatic N) is 1. The summed E-state index contributed by atoms with van der Waals surface area (Å²) in [6.07, 6.45) is 9.61. The largest absolute Gasteiger partial charge is 0.329 e. The predicted molar refractivity (Wildman–Crippen MR) is 112 cm³/mol. The van der Waals surface area contributed by atoms with Gasteiger partial charge in [-0.1, -0.05) is 52.9 Å². The highest BCUT2D eigenvalue weighted by Gasteiger charge is 2.64. The minimum absolute atomic E-state index is 0.134. The monoisotopic (exact) mass is 489 g/mol. The lowest BCUT2D eigenvalue weighted by atomic mass is 9.53. The maximum Gasteiger partial charge on any atom is 0.241 e. The summed E-state index contributed by atoms with van der Waals surface area (Å²) in [6, 6.07) is -0.00962. The number of carbonyl (C=O) groups excluding carboxylic acids is 1. The van der Waals surface area contributed by atoms with Crippen molar-refractivity contribution in [3.05, 3.63) is 35.2 Å². The summed E-state index contributed by atoms with van der Waals surface area (Å²) in [6.45, 7) is 7.22. The van der Waals surface area contributed by atoms with Crippen molar-refractivity contribution in [3.8, 4) is 0 Å². The van der Waals surface area contributed by atoms with Crippen molar-refractivity contribution >= 4 is 40.1 Å². The van der Waals surface area contributed by atoms with Gasteiger partial charge in [-0.15, -0.1) is 0 Å². The molecule has 1 amide bonds. The van der Waals surface area contributed by atoms with Gasteiger partial charge in [0.05, 0.1) is 11.1 Å². The molecule has 0 N–H and O–H groups in total. The van der Waals surface area contributed by atoms with Crippen molar-refractivity contribution in [1.82, 2.24) is 4.90 Å². The molecule has 5 heteroatoms. The van der Waals surface area contributed by atoms with E-state index in [9.17, 15) is 9.18 Å². The number of alkyl halides is 1. The van der Waals surface area contributed by atoms with Crippen molar-refractivity contribution < 1.29 is 9.18 Å². The number of likely N-dealkylation sites (tertiary alicyclic amines) is 1. The van der Waals surface area contributed by atoms with Gasteiger partial charge in [-0.3, -0.25) is 4.79 Å². The summed E-state index contributed by atoms with van der Waals surface area (Å²) in [5, 5.41) is 0.134. The lowest BCUT2D eigenvalue weighted by Crippen LogP contribution is -2.76. The second kappa shape index (κ2) is 6.61. The molecular weight excluding hydrogens is 464 g/mol. The minimum Gasteiger partial charge on any atom is -0.329 e. The average molecular weight is 490 g/mol. The van der Waals surface area contributed by atoms with Crippen LogP contribution < -0.4 is 0 Å². The molecule has 0 aromatic carbocycles. The summed E-state index contributed by atoms with van der Waals surface area (Å²) in [7, 11) is 0. The van der Waals surface area contributed by atoms with Crippen molar-refractivity contribution in [1.29, 1.82) is 0 Å². The van der Waals surface area contributed by atoms with E-state index in [1.54, 1.807) is 19.1 Å². The molecule has 2 nitrogen and oxygen atoms in total. The van der Waals surface area contributed by atoms with E-state index in [0.717, 1.165) is 11.8 Å². The Morgan fingerprint density at radius 1 is 1.27 bits per heavy atom. The molecule has 1 heterocycles. The highest BCUT2D eigenvalue weighted by atomic mass is 127. The Labute approximate surface area is 174 Å². The van der Waals surface area contributed by atoms with Crippen LogP contribution in [-0.2, 0) is 4.79 Å². The third-order valence-electron chi connectivity index (χ3n) is 7.09. The van der Waals surface area contributed by atoms with Crippen LogP contribution in [0.2, 0.25) is 0 Å². The Bertz CT molecular complexity index is 681. The third-order valence-corrected chi connectivity index (χ3v) is 8.31. The quantitative estimate of drug-likeness (QED) is 0.213. The van der Waals surface area contributed by atoms with Crippen LogP contribution in [0.25, 0.3) is 0 Å². The number of halogens is 3. The SMILES string of the molecule is C=C/C=C(\C(F)=C(/C)Cl)C1N(C2C3CC4CC(C3)CC2C4)C(=O)C1(C)I. The van der Waals surface area contributed by atoms with Crippen molar-refractivity contribution in [2.75, 3.05) is 0 Å². The summed E-state index contributed by atoms with van der Waals surface area (Å²) >= 11 is 8.19. The third kappa shape index (κ3) is 2.73. The molecule has 5 rings (SSSR count). The van der Waals surface area contributed by atoms with Crippen LogP contribution in [-0.4, -0.2) is 26.3 Å². The molecule has 142 valence electrons. The maximum absolute atomic E-state index is 14.9. The first kappa shape index (κ1) is 19.0. The number of amides is 1. The molecule has 5 fully saturated rings. The molecule has 0 aromatic rings. The molecule has 5 aliphatic rings. The molecule has 2 atom stereocenters. The van der Waals surface area contributed by atoms with Crippen LogP contribution in [0.4, 0.5) is 4.39 Å². The molecule has 0 spiro atoms. The first-order valence-corrected chi connectivity index (χ1v) is 11.1. The summed E-state index contributed by atoms with van der Waals surface area (Å²) < 4.78 is 14.3. The van der Waals surface area contributed by atoms with Gasteiger partial charge < -0.3 is 4.90 Å². The van der Waals surface area contributed by atoms with Gasteiger partial charge in [0.2, 0.25) is 5.91 Å². The van der Waals surface area contributed by atoms with Gasteiger partial charge in [0, 0.05) is 11.6 Å². The molecule has 0 radical (unpaired) electrons. The van der Waals surface area contributed by atoms with Crippen LogP contribution in [0.3, 0.4) is 0 Å². The number of rotatable bonds is 4. The molecule has 1 saturated heterocycles. The van der Waals surface area contributed by atoms with Gasteiger partial charge >= 0.3 is 0 Å². The fraction of sp³-hybridized carbons (Fsp3) is 0.667. The number of hydrogen-bond acceptors (Lipinski definition) is 1. The number of carbonyl (C=O) groups is 1. The van der Waals surface area contributed by atoms with E-state index in [1.165, 1.54) is 32.1 Å². The summed E-state index contributed by atoms with van der Waals surface area (Å²) in [4.78, 5) is 15.1. The molecule has 4 bridgehead atoms. The topological polar surface area (TPSA) is 20.3 Å².